The SMILES string of the molecule is CC(C)Oc1cc(F)c(-c2ccc3cnc(Nc4cnccc4[C@H]4C[C@@H](N)[C@](C)(O)[C@@H](C)C4)n3n2)c(F)c1. The van der Waals surface area contributed by atoms with Crippen LogP contribution in [0.4, 0.5) is 20.4 Å². The molecule has 8 nitrogen and oxygen atoms in total. The van der Waals surface area contributed by atoms with Crippen molar-refractivity contribution in [3.8, 4) is 17.0 Å². The molecule has 5 rings (SSSR count). The fourth-order valence-corrected chi connectivity index (χ4v) is 5.15. The van der Waals surface area contributed by atoms with Gasteiger partial charge in [-0.2, -0.15) is 9.61 Å². The van der Waals surface area contributed by atoms with Crippen molar-refractivity contribution < 1.29 is 18.6 Å². The zero-order valence-corrected chi connectivity index (χ0v) is 21.8. The number of aromatic nitrogens is 4. The number of nitrogens with zero attached hydrogens (tertiary/aromatic N) is 4. The standard InChI is InChI=1S/C28H32F2N6O2/c1-15(2)38-19-11-21(29)26(22(30)12-19)23-6-5-18-13-33-27(36(18)35-23)34-24-14-32-8-7-20(24)17-9-16(3)28(4,37)25(31)10-17/h5-8,11-17,25,37H,9-10,31H2,1-4H3,(H,33,34)/t16-,17+,25+,28+/m0/s1. The second kappa shape index (κ2) is 9.92. The van der Waals surface area contributed by atoms with Crippen molar-refractivity contribution in [2.45, 2.75) is 64.2 Å². The van der Waals surface area contributed by atoms with E-state index in [1.165, 1.54) is 4.52 Å². The highest BCUT2D eigenvalue weighted by Gasteiger charge is 2.42. The van der Waals surface area contributed by atoms with E-state index in [9.17, 15) is 13.9 Å². The number of rotatable bonds is 6. The largest absolute Gasteiger partial charge is 0.491 e. The van der Waals surface area contributed by atoms with Crippen molar-refractivity contribution >= 4 is 17.2 Å². The molecule has 1 aliphatic carbocycles. The maximum Gasteiger partial charge on any atom is 0.229 e. The lowest BCUT2D eigenvalue weighted by Gasteiger charge is -2.44. The van der Waals surface area contributed by atoms with Gasteiger partial charge in [0, 0.05) is 24.4 Å². The highest BCUT2D eigenvalue weighted by molar-refractivity contribution is 5.66. The van der Waals surface area contributed by atoms with E-state index in [4.69, 9.17) is 10.5 Å². The molecule has 1 aliphatic rings. The summed E-state index contributed by atoms with van der Waals surface area (Å²) in [6.07, 6.45) is 6.22. The Kier molecular flexibility index (Phi) is 6.79. The minimum atomic E-state index is -0.930. The zero-order valence-electron chi connectivity index (χ0n) is 21.8. The molecule has 1 fully saturated rings. The van der Waals surface area contributed by atoms with Gasteiger partial charge < -0.3 is 20.9 Å². The van der Waals surface area contributed by atoms with Crippen LogP contribution in [-0.2, 0) is 0 Å². The molecular weight excluding hydrogens is 490 g/mol. The van der Waals surface area contributed by atoms with Crippen molar-refractivity contribution in [3.63, 3.8) is 0 Å². The van der Waals surface area contributed by atoms with Gasteiger partial charge in [-0.15, -0.1) is 0 Å². The third-order valence-corrected chi connectivity index (χ3v) is 7.49. The van der Waals surface area contributed by atoms with Gasteiger partial charge in [-0.05, 0) is 69.2 Å². The van der Waals surface area contributed by atoms with E-state index in [1.54, 1.807) is 51.5 Å². The zero-order chi connectivity index (χ0) is 27.2. The molecule has 4 N–H and O–H groups in total. The van der Waals surface area contributed by atoms with Crippen molar-refractivity contribution in [1.82, 2.24) is 19.6 Å². The number of nitrogens with one attached hydrogen (secondary N) is 1. The fraction of sp³-hybridized carbons (Fsp3) is 0.393. The van der Waals surface area contributed by atoms with Gasteiger partial charge >= 0.3 is 0 Å². The molecule has 1 aromatic carbocycles. The Bertz CT molecular complexity index is 1430. The van der Waals surface area contributed by atoms with Gasteiger partial charge in [-0.1, -0.05) is 6.92 Å². The Morgan fingerprint density at radius 3 is 2.58 bits per heavy atom. The minimum Gasteiger partial charge on any atom is -0.491 e. The molecule has 0 saturated heterocycles. The Morgan fingerprint density at radius 1 is 1.16 bits per heavy atom. The maximum absolute atomic E-state index is 15.0. The van der Waals surface area contributed by atoms with E-state index >= 15 is 0 Å². The summed E-state index contributed by atoms with van der Waals surface area (Å²) in [7, 11) is 0. The molecule has 4 atom stereocenters. The molecule has 0 amide bonds. The molecule has 3 aromatic heterocycles. The summed E-state index contributed by atoms with van der Waals surface area (Å²) < 4.78 is 36.9. The van der Waals surface area contributed by atoms with E-state index < -0.39 is 17.2 Å². The Morgan fingerprint density at radius 2 is 1.89 bits per heavy atom. The third-order valence-electron chi connectivity index (χ3n) is 7.49. The fourth-order valence-electron chi connectivity index (χ4n) is 5.15. The molecule has 3 heterocycles. The molecule has 0 aliphatic heterocycles. The van der Waals surface area contributed by atoms with Gasteiger partial charge in [0.05, 0.1) is 46.6 Å². The topological polar surface area (TPSA) is 111 Å². The molecule has 10 heteroatoms. The molecular formula is C28H32F2N6O2. The van der Waals surface area contributed by atoms with Gasteiger partial charge in [-0.25, -0.2) is 13.8 Å². The van der Waals surface area contributed by atoms with E-state index in [2.05, 4.69) is 20.4 Å². The number of benzene rings is 1. The number of anilines is 2. The summed E-state index contributed by atoms with van der Waals surface area (Å²) in [6.45, 7) is 7.37. The van der Waals surface area contributed by atoms with Crippen LogP contribution in [0, 0.1) is 17.6 Å². The monoisotopic (exact) mass is 522 g/mol. The molecule has 1 saturated carbocycles. The quantitative estimate of drug-likeness (QED) is 0.320. The average Bonchev–Trinajstić information content (AvgIpc) is 3.24. The molecule has 200 valence electrons. The van der Waals surface area contributed by atoms with Gasteiger partial charge in [0.1, 0.15) is 17.4 Å². The van der Waals surface area contributed by atoms with E-state index in [0.29, 0.717) is 17.9 Å². The van der Waals surface area contributed by atoms with Gasteiger partial charge in [0.2, 0.25) is 5.95 Å². The van der Waals surface area contributed by atoms with E-state index in [1.807, 2.05) is 13.0 Å². The highest BCUT2D eigenvalue weighted by atomic mass is 19.1. The predicted octanol–water partition coefficient (Wildman–Crippen LogP) is 5.19. The maximum atomic E-state index is 15.0. The van der Waals surface area contributed by atoms with Crippen LogP contribution in [0.2, 0.25) is 0 Å². The van der Waals surface area contributed by atoms with Crippen LogP contribution >= 0.6 is 0 Å². The molecule has 0 radical (unpaired) electrons. The Labute approximate surface area is 219 Å². The first-order valence-corrected chi connectivity index (χ1v) is 12.7. The number of nitrogens with two attached hydrogens (primary N) is 1. The lowest BCUT2D eigenvalue weighted by Crippen LogP contribution is -2.54. The van der Waals surface area contributed by atoms with Crippen molar-refractivity contribution in [2.75, 3.05) is 5.32 Å². The minimum absolute atomic E-state index is 0.0101. The number of pyridine rings is 1. The summed E-state index contributed by atoms with van der Waals surface area (Å²) in [4.78, 5) is 8.72. The normalized spacial score (nSPS) is 23.7. The van der Waals surface area contributed by atoms with Crippen LogP contribution in [0.5, 0.6) is 5.75 Å². The third kappa shape index (κ3) is 4.81. The number of hydrogen-bond donors (Lipinski definition) is 3. The van der Waals surface area contributed by atoms with E-state index in [0.717, 1.165) is 29.8 Å². The number of aliphatic hydroxyl groups is 1. The molecule has 0 unspecified atom stereocenters. The first kappa shape index (κ1) is 26.0. The van der Waals surface area contributed by atoms with Crippen LogP contribution in [0.1, 0.15) is 52.0 Å². The summed E-state index contributed by atoms with van der Waals surface area (Å²) >= 11 is 0. The number of halogens is 2. The lowest BCUT2D eigenvalue weighted by atomic mass is 9.68. The lowest BCUT2D eigenvalue weighted by molar-refractivity contribution is -0.0463. The van der Waals surface area contributed by atoms with Crippen LogP contribution in [0.3, 0.4) is 0 Å². The first-order chi connectivity index (χ1) is 18.0. The molecule has 4 aromatic rings. The van der Waals surface area contributed by atoms with Crippen molar-refractivity contribution in [2.24, 2.45) is 11.7 Å². The van der Waals surface area contributed by atoms with Crippen LogP contribution in [0.25, 0.3) is 16.8 Å². The van der Waals surface area contributed by atoms with Gasteiger partial charge in [-0.3, -0.25) is 4.98 Å². The number of imidazole rings is 1. The van der Waals surface area contributed by atoms with Crippen molar-refractivity contribution in [3.05, 3.63) is 66.1 Å². The first-order valence-electron chi connectivity index (χ1n) is 12.7. The summed E-state index contributed by atoms with van der Waals surface area (Å²) in [5, 5.41) is 18.5. The van der Waals surface area contributed by atoms with Crippen LogP contribution < -0.4 is 15.8 Å². The number of fused-ring (bicyclic) bond motifs is 1. The smallest absolute Gasteiger partial charge is 0.229 e. The van der Waals surface area contributed by atoms with Crippen molar-refractivity contribution in [1.29, 1.82) is 0 Å². The number of hydrogen-bond acceptors (Lipinski definition) is 7. The highest BCUT2D eigenvalue weighted by Crippen LogP contribution is 2.43. The summed E-state index contributed by atoms with van der Waals surface area (Å²) in [5.41, 5.74) is 7.65. The Hall–Kier alpha value is -3.63. The molecule has 38 heavy (non-hydrogen) atoms. The molecule has 0 spiro atoms. The number of ether oxygens (including phenoxy) is 1. The average molecular weight is 523 g/mol. The predicted molar refractivity (Wildman–Crippen MR) is 141 cm³/mol. The second-order valence-electron chi connectivity index (χ2n) is 10.6. The van der Waals surface area contributed by atoms with Gasteiger partial charge in [0.25, 0.3) is 0 Å². The summed E-state index contributed by atoms with van der Waals surface area (Å²) in [6, 6.07) is 7.14. The molecule has 0 bridgehead atoms. The van der Waals surface area contributed by atoms with Crippen LogP contribution in [0.15, 0.2) is 48.9 Å². The van der Waals surface area contributed by atoms with Crippen LogP contribution in [-0.4, -0.2) is 42.4 Å². The Balaban J connectivity index is 1.48. The summed E-state index contributed by atoms with van der Waals surface area (Å²) in [5.74, 6) is -0.930. The second-order valence-corrected chi connectivity index (χ2v) is 10.6. The van der Waals surface area contributed by atoms with E-state index in [-0.39, 0.29) is 41.0 Å². The van der Waals surface area contributed by atoms with Gasteiger partial charge in [0.15, 0.2) is 0 Å².